The second kappa shape index (κ2) is 5.76. The van der Waals surface area contributed by atoms with E-state index in [1.165, 1.54) is 6.07 Å². The van der Waals surface area contributed by atoms with Gasteiger partial charge in [-0.15, -0.1) is 0 Å². The lowest BCUT2D eigenvalue weighted by Gasteiger charge is -2.21. The Bertz CT molecular complexity index is 874. The Hall–Kier alpha value is -2.10. The molecule has 2 rings (SSSR count). The highest BCUT2D eigenvalue weighted by atomic mass is 32.2. The van der Waals surface area contributed by atoms with Crippen LogP contribution in [0.4, 0.5) is 19.0 Å². The highest BCUT2D eigenvalue weighted by Crippen LogP contribution is 2.28. The Morgan fingerprint density at radius 2 is 1.75 bits per heavy atom. The smallest absolute Gasteiger partial charge is 0.365 e. The number of hydrogen-bond acceptors (Lipinski definition) is 6. The van der Waals surface area contributed by atoms with Crippen LogP contribution in [0, 0.1) is 6.92 Å². The van der Waals surface area contributed by atoms with Gasteiger partial charge in [-0.25, -0.2) is 9.97 Å². The zero-order valence-corrected chi connectivity index (χ0v) is 14.2. The topological polar surface area (TPSA) is 81.2 Å². The molecule has 24 heavy (non-hydrogen) atoms. The summed E-state index contributed by atoms with van der Waals surface area (Å²) in [7, 11) is -5.76. The molecule has 0 unspecified atom stereocenters. The maximum absolute atomic E-state index is 12.4. The van der Waals surface area contributed by atoms with Crippen LogP contribution in [-0.4, -0.2) is 29.4 Å². The van der Waals surface area contributed by atoms with Crippen molar-refractivity contribution in [2.45, 2.75) is 38.7 Å². The normalized spacial score (nSPS) is 13.1. The molecule has 2 aromatic rings. The molecule has 10 heteroatoms. The molecule has 0 saturated carbocycles. The van der Waals surface area contributed by atoms with Crippen molar-refractivity contribution < 1.29 is 25.8 Å². The van der Waals surface area contributed by atoms with Gasteiger partial charge in [-0.2, -0.15) is 21.6 Å². The summed E-state index contributed by atoms with van der Waals surface area (Å²) >= 11 is 0. The molecule has 0 aliphatic carbocycles. The van der Waals surface area contributed by atoms with Crippen LogP contribution in [0.3, 0.4) is 0 Å². The molecular weight excluding hydrogens is 347 g/mol. The molecule has 0 aliphatic rings. The van der Waals surface area contributed by atoms with Crippen molar-refractivity contribution in [3.63, 3.8) is 0 Å². The molecular formula is C14H16F3N3O3S. The highest BCUT2D eigenvalue weighted by molar-refractivity contribution is 7.87. The van der Waals surface area contributed by atoms with Crippen LogP contribution in [0.1, 0.15) is 26.3 Å². The number of fused-ring (bicyclic) bond motifs is 1. The van der Waals surface area contributed by atoms with Crippen LogP contribution < -0.4 is 9.50 Å². The zero-order valence-electron chi connectivity index (χ0n) is 13.4. The molecule has 0 spiro atoms. The number of aryl methyl sites for hydroxylation is 1. The van der Waals surface area contributed by atoms with Gasteiger partial charge in [0.05, 0.1) is 11.0 Å². The molecule has 0 amide bonds. The van der Waals surface area contributed by atoms with Crippen molar-refractivity contribution in [1.82, 2.24) is 9.97 Å². The van der Waals surface area contributed by atoms with E-state index in [-0.39, 0.29) is 11.1 Å². The minimum absolute atomic E-state index is 0.232. The summed E-state index contributed by atoms with van der Waals surface area (Å²) in [6, 6.07) is 4.05. The standard InChI is InChI=1S/C14H16F3N3O3S/c1-8-7-10(20-13(2,3)4)18-9-5-6-11(19-12(8)9)23-24(21,22)14(15,16)17/h5-7H,1-4H3,(H,18,20). The van der Waals surface area contributed by atoms with Crippen molar-refractivity contribution in [3.8, 4) is 5.88 Å². The van der Waals surface area contributed by atoms with Crippen molar-refractivity contribution in [3.05, 3.63) is 23.8 Å². The third-order valence-electron chi connectivity index (χ3n) is 2.80. The van der Waals surface area contributed by atoms with E-state index in [2.05, 4.69) is 19.5 Å². The molecule has 6 nitrogen and oxygen atoms in total. The molecule has 0 aliphatic heterocycles. The predicted octanol–water partition coefficient (Wildman–Crippen LogP) is 3.38. The Morgan fingerprint density at radius 1 is 1.12 bits per heavy atom. The van der Waals surface area contributed by atoms with E-state index < -0.39 is 21.5 Å². The van der Waals surface area contributed by atoms with E-state index in [1.807, 2.05) is 20.8 Å². The Kier molecular flexibility index (Phi) is 4.38. The minimum atomic E-state index is -5.76. The SMILES string of the molecule is Cc1cc(NC(C)(C)C)nc2ccc(OS(=O)(=O)C(F)(F)F)nc12. The summed E-state index contributed by atoms with van der Waals surface area (Å²) in [5, 5.41) is 3.17. The van der Waals surface area contributed by atoms with Crippen molar-refractivity contribution in [2.24, 2.45) is 0 Å². The Labute approximate surface area is 137 Å². The van der Waals surface area contributed by atoms with E-state index in [0.717, 1.165) is 6.07 Å². The number of nitrogens with zero attached hydrogens (tertiary/aromatic N) is 2. The average Bonchev–Trinajstić information content (AvgIpc) is 2.35. The lowest BCUT2D eigenvalue weighted by molar-refractivity contribution is -0.0501. The maximum Gasteiger partial charge on any atom is 0.534 e. The van der Waals surface area contributed by atoms with Gasteiger partial charge in [-0.3, -0.25) is 0 Å². The van der Waals surface area contributed by atoms with Crippen LogP contribution in [-0.2, 0) is 10.1 Å². The monoisotopic (exact) mass is 363 g/mol. The van der Waals surface area contributed by atoms with Crippen molar-refractivity contribution >= 4 is 27.0 Å². The van der Waals surface area contributed by atoms with Gasteiger partial charge in [-0.05, 0) is 45.4 Å². The van der Waals surface area contributed by atoms with Crippen LogP contribution in [0.25, 0.3) is 11.0 Å². The predicted molar refractivity (Wildman–Crippen MR) is 83.3 cm³/mol. The summed E-state index contributed by atoms with van der Waals surface area (Å²) < 4.78 is 63.2. The number of nitrogens with one attached hydrogen (secondary N) is 1. The Morgan fingerprint density at radius 3 is 2.29 bits per heavy atom. The molecule has 0 radical (unpaired) electrons. The average molecular weight is 363 g/mol. The van der Waals surface area contributed by atoms with Crippen LogP contribution in [0.5, 0.6) is 5.88 Å². The molecule has 132 valence electrons. The van der Waals surface area contributed by atoms with Gasteiger partial charge in [0, 0.05) is 11.6 Å². The van der Waals surface area contributed by atoms with Gasteiger partial charge in [0.25, 0.3) is 0 Å². The fraction of sp³-hybridized carbons (Fsp3) is 0.429. The first-order valence-electron chi connectivity index (χ1n) is 6.86. The molecule has 0 fully saturated rings. The summed E-state index contributed by atoms with van der Waals surface area (Å²) in [6.07, 6.45) is 0. The second-order valence-electron chi connectivity index (χ2n) is 6.20. The Balaban J connectivity index is 2.42. The summed E-state index contributed by atoms with van der Waals surface area (Å²) in [4.78, 5) is 8.13. The van der Waals surface area contributed by atoms with E-state index in [0.29, 0.717) is 16.9 Å². The molecule has 0 saturated heterocycles. The van der Waals surface area contributed by atoms with Crippen LogP contribution >= 0.6 is 0 Å². The van der Waals surface area contributed by atoms with Gasteiger partial charge in [0.1, 0.15) is 5.82 Å². The molecule has 2 aromatic heterocycles. The van der Waals surface area contributed by atoms with Crippen LogP contribution in [0.15, 0.2) is 18.2 Å². The summed E-state index contributed by atoms with van der Waals surface area (Å²) in [5.41, 5.74) is -4.48. The largest absolute Gasteiger partial charge is 0.534 e. The van der Waals surface area contributed by atoms with E-state index in [9.17, 15) is 21.6 Å². The molecule has 0 bridgehead atoms. The quantitative estimate of drug-likeness (QED) is 0.665. The highest BCUT2D eigenvalue weighted by Gasteiger charge is 2.48. The third kappa shape index (κ3) is 4.05. The van der Waals surface area contributed by atoms with Gasteiger partial charge in [0.15, 0.2) is 0 Å². The van der Waals surface area contributed by atoms with Crippen LogP contribution in [0.2, 0.25) is 0 Å². The fourth-order valence-corrected chi connectivity index (χ4v) is 2.32. The summed E-state index contributed by atoms with van der Waals surface area (Å²) in [5.74, 6) is -0.0906. The number of pyridine rings is 2. The van der Waals surface area contributed by atoms with Gasteiger partial charge >= 0.3 is 15.6 Å². The first-order chi connectivity index (χ1) is 10.8. The van der Waals surface area contributed by atoms with Gasteiger partial charge in [-0.1, -0.05) is 0 Å². The third-order valence-corrected chi connectivity index (χ3v) is 3.75. The minimum Gasteiger partial charge on any atom is -0.365 e. The lowest BCUT2D eigenvalue weighted by atomic mass is 10.1. The lowest BCUT2D eigenvalue weighted by Crippen LogP contribution is -2.28. The summed E-state index contributed by atoms with van der Waals surface area (Å²) in [6.45, 7) is 7.54. The molecule has 1 N–H and O–H groups in total. The van der Waals surface area contributed by atoms with Gasteiger partial charge < -0.3 is 9.50 Å². The molecule has 0 atom stereocenters. The first kappa shape index (κ1) is 18.2. The first-order valence-corrected chi connectivity index (χ1v) is 8.27. The molecule has 2 heterocycles. The number of anilines is 1. The number of aromatic nitrogens is 2. The number of rotatable bonds is 3. The zero-order chi connectivity index (χ0) is 18.3. The fourth-order valence-electron chi connectivity index (χ4n) is 1.90. The van der Waals surface area contributed by atoms with E-state index in [1.54, 1.807) is 13.0 Å². The van der Waals surface area contributed by atoms with Gasteiger partial charge in [0.2, 0.25) is 5.88 Å². The number of halogens is 3. The maximum atomic E-state index is 12.4. The second-order valence-corrected chi connectivity index (χ2v) is 7.74. The van der Waals surface area contributed by atoms with Crippen molar-refractivity contribution in [1.29, 1.82) is 0 Å². The molecule has 0 aromatic carbocycles. The van der Waals surface area contributed by atoms with Crippen molar-refractivity contribution in [2.75, 3.05) is 5.32 Å². The van der Waals surface area contributed by atoms with E-state index >= 15 is 0 Å². The number of hydrogen-bond donors (Lipinski definition) is 1. The number of alkyl halides is 3. The van der Waals surface area contributed by atoms with E-state index in [4.69, 9.17) is 0 Å².